The largest absolute Gasteiger partial charge is 0.309 e. The predicted octanol–water partition coefficient (Wildman–Crippen LogP) is 1.79. The fourth-order valence-electron chi connectivity index (χ4n) is 1.73. The molecule has 0 bridgehead atoms. The zero-order chi connectivity index (χ0) is 12.4. The van der Waals surface area contributed by atoms with Crippen molar-refractivity contribution in [1.29, 1.82) is 0 Å². The molecule has 0 saturated carbocycles. The van der Waals surface area contributed by atoms with Gasteiger partial charge in [0.2, 0.25) is 5.91 Å². The highest BCUT2D eigenvalue weighted by molar-refractivity contribution is 9.10. The van der Waals surface area contributed by atoms with Gasteiger partial charge < -0.3 is 10.6 Å². The molecule has 2 heterocycles. The van der Waals surface area contributed by atoms with Crippen LogP contribution in [0.1, 0.15) is 12.0 Å². The second-order valence-electron chi connectivity index (χ2n) is 4.08. The summed E-state index contributed by atoms with van der Waals surface area (Å²) in [6.07, 6.45) is -0.721. The van der Waals surface area contributed by atoms with E-state index in [1.165, 1.54) is 0 Å². The molecule has 1 aliphatic heterocycles. The molecule has 1 amide bonds. The molecule has 4 nitrogen and oxygen atoms in total. The molecule has 92 valence electrons. The van der Waals surface area contributed by atoms with E-state index in [0.717, 1.165) is 5.56 Å². The molecular formula is C11H13BrFN3O. The highest BCUT2D eigenvalue weighted by Gasteiger charge is 2.29. The molecular weight excluding hydrogens is 289 g/mol. The van der Waals surface area contributed by atoms with Crippen LogP contribution in [0, 0.1) is 6.92 Å². The summed E-state index contributed by atoms with van der Waals surface area (Å²) in [5.41, 5.74) is 0.872. The highest BCUT2D eigenvalue weighted by atomic mass is 79.9. The van der Waals surface area contributed by atoms with Gasteiger partial charge in [-0.3, -0.25) is 4.79 Å². The van der Waals surface area contributed by atoms with Crippen molar-refractivity contribution in [2.24, 2.45) is 0 Å². The first-order valence-electron chi connectivity index (χ1n) is 5.37. The standard InChI is InChI=1S/C11H13BrFN3O/c1-6-2-3-9(12)15-10(6)16-11(17)8-4-7(13)5-14-8/h2-3,7-8,14H,4-5H2,1H3,(H,15,16,17). The molecule has 2 rings (SSSR count). The number of aromatic nitrogens is 1. The highest BCUT2D eigenvalue weighted by Crippen LogP contribution is 2.17. The number of hydrogen-bond donors (Lipinski definition) is 2. The lowest BCUT2D eigenvalue weighted by molar-refractivity contribution is -0.117. The molecule has 2 atom stereocenters. The van der Waals surface area contributed by atoms with E-state index < -0.39 is 12.2 Å². The minimum absolute atomic E-state index is 0.221. The van der Waals surface area contributed by atoms with Gasteiger partial charge in [0.25, 0.3) is 0 Å². The summed E-state index contributed by atoms with van der Waals surface area (Å²) in [6, 6.07) is 3.19. The number of amides is 1. The van der Waals surface area contributed by atoms with E-state index in [2.05, 4.69) is 31.5 Å². The zero-order valence-electron chi connectivity index (χ0n) is 9.34. The van der Waals surface area contributed by atoms with Gasteiger partial charge in [-0.05, 0) is 34.5 Å². The first kappa shape index (κ1) is 12.4. The van der Waals surface area contributed by atoms with Crippen molar-refractivity contribution in [2.75, 3.05) is 11.9 Å². The molecule has 0 radical (unpaired) electrons. The molecule has 1 aliphatic rings. The van der Waals surface area contributed by atoms with E-state index in [-0.39, 0.29) is 18.9 Å². The smallest absolute Gasteiger partial charge is 0.242 e. The SMILES string of the molecule is Cc1ccc(Br)nc1NC(=O)C1CC(F)CN1. The Hall–Kier alpha value is -1.01. The van der Waals surface area contributed by atoms with Crippen molar-refractivity contribution in [3.63, 3.8) is 0 Å². The first-order chi connectivity index (χ1) is 8.06. The van der Waals surface area contributed by atoms with Gasteiger partial charge in [0.15, 0.2) is 0 Å². The second-order valence-corrected chi connectivity index (χ2v) is 4.90. The molecule has 0 spiro atoms. The van der Waals surface area contributed by atoms with Crippen LogP contribution in [-0.2, 0) is 4.79 Å². The third kappa shape index (κ3) is 3.01. The summed E-state index contributed by atoms with van der Waals surface area (Å²) in [7, 11) is 0. The number of carbonyl (C=O) groups excluding carboxylic acids is 1. The van der Waals surface area contributed by atoms with Gasteiger partial charge in [-0.25, -0.2) is 9.37 Å². The number of hydrogen-bond acceptors (Lipinski definition) is 3. The first-order valence-corrected chi connectivity index (χ1v) is 6.17. The summed E-state index contributed by atoms with van der Waals surface area (Å²) in [5.74, 6) is 0.271. The van der Waals surface area contributed by atoms with Crippen LogP contribution in [0.5, 0.6) is 0 Å². The Morgan fingerprint density at radius 3 is 3.06 bits per heavy atom. The van der Waals surface area contributed by atoms with E-state index >= 15 is 0 Å². The minimum atomic E-state index is -0.942. The number of pyridine rings is 1. The van der Waals surface area contributed by atoms with E-state index in [9.17, 15) is 9.18 Å². The number of nitrogens with zero attached hydrogens (tertiary/aromatic N) is 1. The van der Waals surface area contributed by atoms with Crippen molar-refractivity contribution in [3.05, 3.63) is 22.3 Å². The van der Waals surface area contributed by atoms with Crippen molar-refractivity contribution in [3.8, 4) is 0 Å². The average molecular weight is 302 g/mol. The fourth-order valence-corrected chi connectivity index (χ4v) is 2.04. The van der Waals surface area contributed by atoms with Crippen LogP contribution in [0.3, 0.4) is 0 Å². The van der Waals surface area contributed by atoms with Gasteiger partial charge in [-0.1, -0.05) is 6.07 Å². The number of anilines is 1. The lowest BCUT2D eigenvalue weighted by Crippen LogP contribution is -2.35. The minimum Gasteiger partial charge on any atom is -0.309 e. The maximum absolute atomic E-state index is 13.0. The monoisotopic (exact) mass is 301 g/mol. The van der Waals surface area contributed by atoms with Crippen molar-refractivity contribution < 1.29 is 9.18 Å². The van der Waals surface area contributed by atoms with Crippen molar-refractivity contribution in [1.82, 2.24) is 10.3 Å². The van der Waals surface area contributed by atoms with Gasteiger partial charge in [0.05, 0.1) is 6.04 Å². The third-order valence-electron chi connectivity index (χ3n) is 2.70. The van der Waals surface area contributed by atoms with Gasteiger partial charge >= 0.3 is 0 Å². The zero-order valence-corrected chi connectivity index (χ0v) is 10.9. The van der Waals surface area contributed by atoms with Crippen LogP contribution < -0.4 is 10.6 Å². The number of alkyl halides is 1. The Morgan fingerprint density at radius 2 is 2.41 bits per heavy atom. The molecule has 1 aromatic heterocycles. The van der Waals surface area contributed by atoms with Crippen molar-refractivity contribution >= 4 is 27.7 Å². The normalized spacial score (nSPS) is 23.7. The summed E-state index contributed by atoms with van der Waals surface area (Å²) in [5, 5.41) is 5.54. The Kier molecular flexibility index (Phi) is 3.73. The number of nitrogens with one attached hydrogen (secondary N) is 2. The van der Waals surface area contributed by atoms with Gasteiger partial charge in [0, 0.05) is 13.0 Å². The molecule has 0 aliphatic carbocycles. The van der Waals surface area contributed by atoms with Crippen LogP contribution in [0.2, 0.25) is 0 Å². The van der Waals surface area contributed by atoms with Crippen LogP contribution >= 0.6 is 15.9 Å². The van der Waals surface area contributed by atoms with Crippen LogP contribution in [0.15, 0.2) is 16.7 Å². The maximum Gasteiger partial charge on any atom is 0.242 e. The van der Waals surface area contributed by atoms with E-state index in [0.29, 0.717) is 10.4 Å². The Bertz CT molecular complexity index is 441. The van der Waals surface area contributed by atoms with Crippen LogP contribution in [0.4, 0.5) is 10.2 Å². The molecule has 0 aromatic carbocycles. The summed E-state index contributed by atoms with van der Waals surface area (Å²) in [4.78, 5) is 16.0. The van der Waals surface area contributed by atoms with Gasteiger partial charge in [0.1, 0.15) is 16.6 Å². The maximum atomic E-state index is 13.0. The number of rotatable bonds is 2. The van der Waals surface area contributed by atoms with Crippen LogP contribution in [0.25, 0.3) is 0 Å². The van der Waals surface area contributed by atoms with E-state index in [1.54, 1.807) is 6.07 Å². The molecule has 17 heavy (non-hydrogen) atoms. The summed E-state index contributed by atoms with van der Waals surface area (Å²) < 4.78 is 13.6. The van der Waals surface area contributed by atoms with Gasteiger partial charge in [-0.15, -0.1) is 0 Å². The number of carbonyl (C=O) groups is 1. The van der Waals surface area contributed by atoms with E-state index in [4.69, 9.17) is 0 Å². The van der Waals surface area contributed by atoms with Crippen molar-refractivity contribution in [2.45, 2.75) is 25.6 Å². The third-order valence-corrected chi connectivity index (χ3v) is 3.14. The van der Waals surface area contributed by atoms with Crippen LogP contribution in [-0.4, -0.2) is 29.6 Å². The molecule has 1 fully saturated rings. The molecule has 2 N–H and O–H groups in total. The predicted molar refractivity (Wildman–Crippen MR) is 66.6 cm³/mol. The lowest BCUT2D eigenvalue weighted by atomic mass is 10.2. The number of aryl methyl sites for hydroxylation is 1. The Labute approximate surface area is 107 Å². The van der Waals surface area contributed by atoms with E-state index in [1.807, 2.05) is 13.0 Å². The molecule has 6 heteroatoms. The quantitative estimate of drug-likeness (QED) is 0.819. The number of halogens is 2. The topological polar surface area (TPSA) is 54.0 Å². The lowest BCUT2D eigenvalue weighted by Gasteiger charge is -2.12. The summed E-state index contributed by atoms with van der Waals surface area (Å²) >= 11 is 3.24. The van der Waals surface area contributed by atoms with Gasteiger partial charge in [-0.2, -0.15) is 0 Å². The molecule has 1 aromatic rings. The summed E-state index contributed by atoms with van der Waals surface area (Å²) in [6.45, 7) is 2.10. The molecule has 1 saturated heterocycles. The second kappa shape index (κ2) is 5.10. The Morgan fingerprint density at radius 1 is 1.65 bits per heavy atom. The average Bonchev–Trinajstić information content (AvgIpc) is 2.70. The Balaban J connectivity index is 2.05. The molecule has 2 unspecified atom stereocenters. The fraction of sp³-hybridized carbons (Fsp3) is 0.455.